The Labute approximate surface area is 121 Å². The topological polar surface area (TPSA) is 24.7 Å². The van der Waals surface area contributed by atoms with Crippen LogP contribution in [0.4, 0.5) is 5.69 Å². The minimum Gasteiger partial charge on any atom is -0.280 e. The van der Waals surface area contributed by atoms with Crippen molar-refractivity contribution in [3.63, 3.8) is 0 Å². The maximum absolute atomic E-state index is 5.96. The smallest absolute Gasteiger partial charge is 0.0940 e. The molecule has 0 spiro atoms. The predicted octanol–water partition coefficient (Wildman–Crippen LogP) is 4.57. The summed E-state index contributed by atoms with van der Waals surface area (Å²) in [4.78, 5) is 8.81. The van der Waals surface area contributed by atoms with Gasteiger partial charge in [-0.1, -0.05) is 47.5 Å². The first kappa shape index (κ1) is 12.4. The minimum atomic E-state index is 0.139. The fourth-order valence-electron chi connectivity index (χ4n) is 1.98. The molecule has 0 radical (unpaired) electrons. The van der Waals surface area contributed by atoms with E-state index in [2.05, 4.69) is 22.1 Å². The van der Waals surface area contributed by atoms with E-state index in [0.717, 1.165) is 11.3 Å². The van der Waals surface area contributed by atoms with Gasteiger partial charge in [0, 0.05) is 18.0 Å². The third kappa shape index (κ3) is 2.55. The van der Waals surface area contributed by atoms with Gasteiger partial charge in [0.25, 0.3) is 0 Å². The summed E-state index contributed by atoms with van der Waals surface area (Å²) in [5, 5.41) is 1.04. The lowest BCUT2D eigenvalue weighted by Gasteiger charge is -2.07. The van der Waals surface area contributed by atoms with Crippen molar-refractivity contribution in [1.82, 2.24) is 0 Å². The molecule has 1 aromatic rings. The second-order valence-electron chi connectivity index (χ2n) is 4.23. The van der Waals surface area contributed by atoms with Gasteiger partial charge in [-0.15, -0.1) is 0 Å². The number of hydrogen-bond donors (Lipinski definition) is 0. The molecule has 94 valence electrons. The summed E-state index contributed by atoms with van der Waals surface area (Å²) in [5.41, 5.74) is 2.97. The van der Waals surface area contributed by atoms with Gasteiger partial charge in [-0.3, -0.25) is 9.98 Å². The van der Waals surface area contributed by atoms with Crippen LogP contribution in [0.25, 0.3) is 0 Å². The number of nitrogens with zero attached hydrogens (tertiary/aromatic N) is 2. The lowest BCUT2D eigenvalue weighted by molar-refractivity contribution is 1.000. The molecule has 1 aromatic carbocycles. The molecule has 2 nitrogen and oxygen atoms in total. The Hall–Kier alpha value is -1.64. The van der Waals surface area contributed by atoms with Crippen molar-refractivity contribution >= 4 is 41.3 Å². The molecule has 1 aliphatic carbocycles. The maximum Gasteiger partial charge on any atom is 0.0940 e. The lowest BCUT2D eigenvalue weighted by atomic mass is 10.0. The number of rotatable bonds is 2. The van der Waals surface area contributed by atoms with Crippen LogP contribution in [-0.4, -0.2) is 18.5 Å². The molecule has 0 saturated carbocycles. The monoisotopic (exact) mass is 288 g/mol. The zero-order valence-corrected chi connectivity index (χ0v) is 11.4. The first-order valence-electron chi connectivity index (χ1n) is 5.85. The standard InChI is InChI=1S/C15H10Cl2N2/c16-13-6-5-11(7-14(13)17)18-8-10-9-19-15-4-2-1-3-12(10)15/h1-9,15H. The van der Waals surface area contributed by atoms with Crippen LogP contribution >= 0.6 is 23.2 Å². The van der Waals surface area contributed by atoms with Gasteiger partial charge in [-0.05, 0) is 23.8 Å². The summed E-state index contributed by atoms with van der Waals surface area (Å²) >= 11 is 11.8. The van der Waals surface area contributed by atoms with Gasteiger partial charge in [0.05, 0.1) is 21.8 Å². The van der Waals surface area contributed by atoms with Crippen molar-refractivity contribution in [2.24, 2.45) is 9.98 Å². The molecule has 0 N–H and O–H groups in total. The van der Waals surface area contributed by atoms with Crippen LogP contribution in [-0.2, 0) is 0 Å². The highest BCUT2D eigenvalue weighted by Crippen LogP contribution is 2.27. The highest BCUT2D eigenvalue weighted by atomic mass is 35.5. The normalized spacial score (nSPS) is 20.6. The Bertz CT molecular complexity index is 667. The summed E-state index contributed by atoms with van der Waals surface area (Å²) in [5.74, 6) is 0. The summed E-state index contributed by atoms with van der Waals surface area (Å²) in [6.07, 6.45) is 11.8. The van der Waals surface area contributed by atoms with Gasteiger partial charge in [0.2, 0.25) is 0 Å². The van der Waals surface area contributed by atoms with Gasteiger partial charge in [-0.2, -0.15) is 0 Å². The molecule has 1 heterocycles. The van der Waals surface area contributed by atoms with Crippen LogP contribution < -0.4 is 0 Å². The number of benzene rings is 1. The van der Waals surface area contributed by atoms with Crippen LogP contribution in [0.3, 0.4) is 0 Å². The Kier molecular flexibility index (Phi) is 3.36. The minimum absolute atomic E-state index is 0.139. The summed E-state index contributed by atoms with van der Waals surface area (Å²) in [7, 11) is 0. The summed E-state index contributed by atoms with van der Waals surface area (Å²) in [6, 6.07) is 5.45. The Morgan fingerprint density at radius 1 is 1.16 bits per heavy atom. The van der Waals surface area contributed by atoms with Crippen molar-refractivity contribution < 1.29 is 0 Å². The molecular weight excluding hydrogens is 279 g/mol. The van der Waals surface area contributed by atoms with Crippen LogP contribution in [0, 0.1) is 0 Å². The van der Waals surface area contributed by atoms with E-state index in [1.54, 1.807) is 12.1 Å². The van der Waals surface area contributed by atoms with Crippen LogP contribution in [0.2, 0.25) is 10.0 Å². The third-order valence-electron chi connectivity index (χ3n) is 2.96. The van der Waals surface area contributed by atoms with E-state index in [1.165, 1.54) is 5.57 Å². The highest BCUT2D eigenvalue weighted by molar-refractivity contribution is 6.42. The van der Waals surface area contributed by atoms with Gasteiger partial charge in [0.1, 0.15) is 0 Å². The van der Waals surface area contributed by atoms with Crippen molar-refractivity contribution in [3.8, 4) is 0 Å². The Morgan fingerprint density at radius 3 is 2.89 bits per heavy atom. The molecule has 2 aliphatic rings. The SMILES string of the molecule is Clc1ccc(N=CC2=C3C=CC=CC3N=C2)cc1Cl. The summed E-state index contributed by atoms with van der Waals surface area (Å²) in [6.45, 7) is 0. The fourth-order valence-corrected chi connectivity index (χ4v) is 2.27. The van der Waals surface area contributed by atoms with Crippen LogP contribution in [0.15, 0.2) is 63.6 Å². The average Bonchev–Trinajstić information content (AvgIpc) is 2.83. The predicted molar refractivity (Wildman–Crippen MR) is 82.2 cm³/mol. The number of allylic oxidation sites excluding steroid dienone is 3. The molecule has 0 fully saturated rings. The van der Waals surface area contributed by atoms with E-state index >= 15 is 0 Å². The molecule has 0 amide bonds. The zero-order chi connectivity index (χ0) is 13.2. The molecule has 4 heteroatoms. The van der Waals surface area contributed by atoms with Crippen LogP contribution in [0.1, 0.15) is 0 Å². The fraction of sp³-hybridized carbons (Fsp3) is 0.0667. The van der Waals surface area contributed by atoms with E-state index in [-0.39, 0.29) is 6.04 Å². The second-order valence-corrected chi connectivity index (χ2v) is 5.05. The lowest BCUT2D eigenvalue weighted by Crippen LogP contribution is -2.02. The molecule has 19 heavy (non-hydrogen) atoms. The average molecular weight is 289 g/mol. The molecule has 1 aliphatic heterocycles. The zero-order valence-electron chi connectivity index (χ0n) is 9.92. The number of aliphatic imine (C=N–C) groups is 2. The van der Waals surface area contributed by atoms with Gasteiger partial charge < -0.3 is 0 Å². The highest BCUT2D eigenvalue weighted by Gasteiger charge is 2.17. The quantitative estimate of drug-likeness (QED) is 0.712. The largest absolute Gasteiger partial charge is 0.280 e. The van der Waals surface area contributed by atoms with E-state index in [4.69, 9.17) is 23.2 Å². The number of hydrogen-bond acceptors (Lipinski definition) is 2. The van der Waals surface area contributed by atoms with Gasteiger partial charge >= 0.3 is 0 Å². The van der Waals surface area contributed by atoms with Crippen molar-refractivity contribution in [2.45, 2.75) is 6.04 Å². The first-order valence-corrected chi connectivity index (χ1v) is 6.61. The third-order valence-corrected chi connectivity index (χ3v) is 3.70. The molecule has 3 rings (SSSR count). The maximum atomic E-state index is 5.96. The molecule has 1 atom stereocenters. The van der Waals surface area contributed by atoms with Crippen LogP contribution in [0.5, 0.6) is 0 Å². The summed E-state index contributed by atoms with van der Waals surface area (Å²) < 4.78 is 0. The van der Waals surface area contributed by atoms with Crippen molar-refractivity contribution in [3.05, 3.63) is 63.7 Å². The molecule has 0 saturated heterocycles. The van der Waals surface area contributed by atoms with Gasteiger partial charge in [0.15, 0.2) is 0 Å². The van der Waals surface area contributed by atoms with E-state index in [9.17, 15) is 0 Å². The molecule has 0 bridgehead atoms. The van der Waals surface area contributed by atoms with Crippen molar-refractivity contribution in [2.75, 3.05) is 0 Å². The molecular formula is C15H10Cl2N2. The van der Waals surface area contributed by atoms with Crippen molar-refractivity contribution in [1.29, 1.82) is 0 Å². The van der Waals surface area contributed by atoms with Gasteiger partial charge in [-0.25, -0.2) is 0 Å². The number of fused-ring (bicyclic) bond motifs is 1. The van der Waals surface area contributed by atoms with E-state index in [0.29, 0.717) is 10.0 Å². The van der Waals surface area contributed by atoms with E-state index < -0.39 is 0 Å². The first-order chi connectivity index (χ1) is 9.24. The second kappa shape index (κ2) is 5.16. The Balaban J connectivity index is 1.87. The van der Waals surface area contributed by atoms with E-state index in [1.807, 2.05) is 30.6 Å². The Morgan fingerprint density at radius 2 is 2.05 bits per heavy atom. The molecule has 0 aromatic heterocycles. The number of halogens is 2. The molecule has 1 unspecified atom stereocenters.